The Morgan fingerprint density at radius 3 is 2.82 bits per heavy atom. The SMILES string of the molecule is Cc1cnccc1N(CCC(N)=NO)C(C)C. The maximum absolute atomic E-state index is 8.55. The molecule has 17 heavy (non-hydrogen) atoms. The molecule has 3 N–H and O–H groups in total. The summed E-state index contributed by atoms with van der Waals surface area (Å²) in [4.78, 5) is 6.30. The van der Waals surface area contributed by atoms with E-state index in [0.29, 0.717) is 12.5 Å². The molecule has 1 aromatic rings. The molecule has 0 amide bonds. The summed E-state index contributed by atoms with van der Waals surface area (Å²) >= 11 is 0. The van der Waals surface area contributed by atoms with Gasteiger partial charge < -0.3 is 15.8 Å². The number of hydrogen-bond donors (Lipinski definition) is 2. The Bertz CT molecular complexity index is 390. The molecule has 0 aliphatic carbocycles. The highest BCUT2D eigenvalue weighted by Crippen LogP contribution is 2.20. The van der Waals surface area contributed by atoms with Gasteiger partial charge in [-0.25, -0.2) is 0 Å². The van der Waals surface area contributed by atoms with Crippen molar-refractivity contribution < 1.29 is 5.21 Å². The minimum Gasteiger partial charge on any atom is -0.409 e. The molecule has 0 aliphatic heterocycles. The minimum atomic E-state index is 0.252. The number of pyridine rings is 1. The van der Waals surface area contributed by atoms with Crippen LogP contribution in [0.5, 0.6) is 0 Å². The van der Waals surface area contributed by atoms with E-state index in [2.05, 4.69) is 28.9 Å². The second kappa shape index (κ2) is 6.08. The summed E-state index contributed by atoms with van der Waals surface area (Å²) < 4.78 is 0. The Morgan fingerprint density at radius 2 is 2.29 bits per heavy atom. The summed E-state index contributed by atoms with van der Waals surface area (Å²) in [6.45, 7) is 6.98. The van der Waals surface area contributed by atoms with Crippen LogP contribution in [0, 0.1) is 6.92 Å². The van der Waals surface area contributed by atoms with Crippen LogP contribution in [0.3, 0.4) is 0 Å². The van der Waals surface area contributed by atoms with Gasteiger partial charge in [0.1, 0.15) is 5.84 Å². The van der Waals surface area contributed by atoms with Gasteiger partial charge in [-0.05, 0) is 32.4 Å². The van der Waals surface area contributed by atoms with Gasteiger partial charge in [0.2, 0.25) is 0 Å². The van der Waals surface area contributed by atoms with Gasteiger partial charge in [0, 0.05) is 37.1 Å². The molecule has 0 atom stereocenters. The van der Waals surface area contributed by atoms with Gasteiger partial charge >= 0.3 is 0 Å². The number of aromatic nitrogens is 1. The number of aryl methyl sites for hydroxylation is 1. The van der Waals surface area contributed by atoms with Gasteiger partial charge in [-0.1, -0.05) is 5.16 Å². The Morgan fingerprint density at radius 1 is 1.59 bits per heavy atom. The Balaban J connectivity index is 2.83. The Hall–Kier alpha value is -1.78. The summed E-state index contributed by atoms with van der Waals surface area (Å²) in [6, 6.07) is 2.34. The first kappa shape index (κ1) is 13.3. The Labute approximate surface area is 102 Å². The summed E-state index contributed by atoms with van der Waals surface area (Å²) in [5.41, 5.74) is 7.76. The van der Waals surface area contributed by atoms with Crippen LogP contribution in [0.2, 0.25) is 0 Å². The number of oxime groups is 1. The first-order chi connectivity index (χ1) is 8.06. The highest BCUT2D eigenvalue weighted by atomic mass is 16.4. The van der Waals surface area contributed by atoms with Crippen LogP contribution in [0.25, 0.3) is 0 Å². The zero-order valence-corrected chi connectivity index (χ0v) is 10.6. The summed E-state index contributed by atoms with van der Waals surface area (Å²) in [5.74, 6) is 0.252. The number of rotatable bonds is 5. The molecular weight excluding hydrogens is 216 g/mol. The molecule has 0 aromatic carbocycles. The molecule has 0 unspecified atom stereocenters. The van der Waals surface area contributed by atoms with Crippen LogP contribution >= 0.6 is 0 Å². The van der Waals surface area contributed by atoms with Crippen molar-refractivity contribution in [3.8, 4) is 0 Å². The molecule has 1 heterocycles. The quantitative estimate of drug-likeness (QED) is 0.353. The third kappa shape index (κ3) is 3.62. The van der Waals surface area contributed by atoms with E-state index in [-0.39, 0.29) is 5.84 Å². The molecule has 0 bridgehead atoms. The van der Waals surface area contributed by atoms with Crippen molar-refractivity contribution in [2.24, 2.45) is 10.9 Å². The maximum atomic E-state index is 8.55. The van der Waals surface area contributed by atoms with Crippen LogP contribution in [-0.2, 0) is 0 Å². The first-order valence-corrected chi connectivity index (χ1v) is 5.70. The monoisotopic (exact) mass is 236 g/mol. The van der Waals surface area contributed by atoms with E-state index in [1.165, 1.54) is 0 Å². The lowest BCUT2D eigenvalue weighted by atomic mass is 10.2. The van der Waals surface area contributed by atoms with Crippen molar-refractivity contribution in [3.63, 3.8) is 0 Å². The largest absolute Gasteiger partial charge is 0.409 e. The van der Waals surface area contributed by atoms with E-state index in [1.807, 2.05) is 19.2 Å². The standard InChI is InChI=1S/C12H20N4O/c1-9(2)16(7-5-12(13)15-17)11-4-6-14-8-10(11)3/h4,6,8-9,17H,5,7H2,1-3H3,(H2,13,15). The number of nitrogens with two attached hydrogens (primary N) is 1. The number of amidine groups is 1. The predicted octanol–water partition coefficient (Wildman–Crippen LogP) is 1.74. The smallest absolute Gasteiger partial charge is 0.140 e. The van der Waals surface area contributed by atoms with Gasteiger partial charge in [0.15, 0.2) is 0 Å². The fourth-order valence-corrected chi connectivity index (χ4v) is 1.73. The van der Waals surface area contributed by atoms with E-state index in [4.69, 9.17) is 10.9 Å². The molecule has 5 nitrogen and oxygen atoms in total. The zero-order valence-electron chi connectivity index (χ0n) is 10.6. The molecule has 0 radical (unpaired) electrons. The molecule has 1 aromatic heterocycles. The highest BCUT2D eigenvalue weighted by molar-refractivity contribution is 5.80. The highest BCUT2D eigenvalue weighted by Gasteiger charge is 2.13. The van der Waals surface area contributed by atoms with Crippen LogP contribution in [0.15, 0.2) is 23.6 Å². The van der Waals surface area contributed by atoms with Gasteiger partial charge in [-0.15, -0.1) is 0 Å². The second-order valence-corrected chi connectivity index (χ2v) is 4.29. The third-order valence-corrected chi connectivity index (χ3v) is 2.66. The van der Waals surface area contributed by atoms with Crippen molar-refractivity contribution in [2.75, 3.05) is 11.4 Å². The van der Waals surface area contributed by atoms with Crippen LogP contribution in [-0.4, -0.2) is 28.6 Å². The number of hydrogen-bond acceptors (Lipinski definition) is 4. The second-order valence-electron chi connectivity index (χ2n) is 4.29. The lowest BCUT2D eigenvalue weighted by molar-refractivity contribution is 0.317. The van der Waals surface area contributed by atoms with E-state index in [0.717, 1.165) is 17.8 Å². The average molecular weight is 236 g/mol. The van der Waals surface area contributed by atoms with Crippen molar-refractivity contribution >= 4 is 11.5 Å². The summed E-state index contributed by atoms with van der Waals surface area (Å²) in [6.07, 6.45) is 4.16. The fourth-order valence-electron chi connectivity index (χ4n) is 1.73. The molecule has 0 saturated carbocycles. The lowest BCUT2D eigenvalue weighted by Crippen LogP contribution is -2.34. The molecule has 1 rings (SSSR count). The van der Waals surface area contributed by atoms with Gasteiger partial charge in [-0.2, -0.15) is 0 Å². The third-order valence-electron chi connectivity index (χ3n) is 2.66. The maximum Gasteiger partial charge on any atom is 0.140 e. The predicted molar refractivity (Wildman–Crippen MR) is 69.5 cm³/mol. The van der Waals surface area contributed by atoms with Gasteiger partial charge in [-0.3, -0.25) is 4.98 Å². The molecule has 0 saturated heterocycles. The molecule has 0 fully saturated rings. The topological polar surface area (TPSA) is 74.7 Å². The number of anilines is 1. The van der Waals surface area contributed by atoms with Crippen molar-refractivity contribution in [2.45, 2.75) is 33.2 Å². The van der Waals surface area contributed by atoms with Crippen molar-refractivity contribution in [1.82, 2.24) is 4.98 Å². The van der Waals surface area contributed by atoms with Gasteiger partial charge in [0.25, 0.3) is 0 Å². The molecule has 0 aliphatic rings. The first-order valence-electron chi connectivity index (χ1n) is 5.70. The minimum absolute atomic E-state index is 0.252. The zero-order chi connectivity index (χ0) is 12.8. The average Bonchev–Trinajstić information content (AvgIpc) is 2.30. The normalized spacial score (nSPS) is 11.9. The van der Waals surface area contributed by atoms with Gasteiger partial charge in [0.05, 0.1) is 0 Å². The van der Waals surface area contributed by atoms with Crippen LogP contribution in [0.1, 0.15) is 25.8 Å². The molecule has 94 valence electrons. The van der Waals surface area contributed by atoms with E-state index < -0.39 is 0 Å². The van der Waals surface area contributed by atoms with E-state index >= 15 is 0 Å². The van der Waals surface area contributed by atoms with Crippen molar-refractivity contribution in [1.29, 1.82) is 0 Å². The van der Waals surface area contributed by atoms with Crippen LogP contribution < -0.4 is 10.6 Å². The summed E-state index contributed by atoms with van der Waals surface area (Å²) in [7, 11) is 0. The van der Waals surface area contributed by atoms with Crippen molar-refractivity contribution in [3.05, 3.63) is 24.0 Å². The van der Waals surface area contributed by atoms with Crippen LogP contribution in [0.4, 0.5) is 5.69 Å². The summed E-state index contributed by atoms with van der Waals surface area (Å²) in [5, 5.41) is 11.5. The van der Waals surface area contributed by atoms with E-state index in [1.54, 1.807) is 6.20 Å². The fraction of sp³-hybridized carbons (Fsp3) is 0.500. The van der Waals surface area contributed by atoms with E-state index in [9.17, 15) is 0 Å². The molecule has 0 spiro atoms. The molecule has 5 heteroatoms. The lowest BCUT2D eigenvalue weighted by Gasteiger charge is -2.30. The Kier molecular flexibility index (Phi) is 4.75. The molecular formula is C12H20N4O. The number of nitrogens with zero attached hydrogens (tertiary/aromatic N) is 3.